The van der Waals surface area contributed by atoms with Gasteiger partial charge in [-0.25, -0.2) is 9.59 Å². The van der Waals surface area contributed by atoms with Crippen LogP contribution in [0.1, 0.15) is 15.9 Å². The molecule has 8 heteroatoms. The van der Waals surface area contributed by atoms with Crippen LogP contribution in [0.15, 0.2) is 40.8 Å². The SMILES string of the molecule is COC(=O)/C=C/c1cc(O)c2oc(-c3ccc(O)cc3O)c(C(=O)OC)c2c1. The van der Waals surface area contributed by atoms with Crippen molar-refractivity contribution in [3.8, 4) is 28.6 Å². The Bertz CT molecular complexity index is 1110. The summed E-state index contributed by atoms with van der Waals surface area (Å²) in [5.41, 5.74) is 0.503. The van der Waals surface area contributed by atoms with Gasteiger partial charge in [0.15, 0.2) is 17.1 Å². The van der Waals surface area contributed by atoms with Gasteiger partial charge in [0, 0.05) is 17.5 Å². The highest BCUT2D eigenvalue weighted by Crippen LogP contribution is 2.42. The van der Waals surface area contributed by atoms with Gasteiger partial charge in [-0.3, -0.25) is 0 Å². The van der Waals surface area contributed by atoms with Gasteiger partial charge in [-0.1, -0.05) is 0 Å². The normalized spacial score (nSPS) is 11.1. The van der Waals surface area contributed by atoms with E-state index in [9.17, 15) is 24.9 Å². The van der Waals surface area contributed by atoms with Gasteiger partial charge in [-0.15, -0.1) is 0 Å². The molecule has 8 nitrogen and oxygen atoms in total. The van der Waals surface area contributed by atoms with Gasteiger partial charge >= 0.3 is 11.9 Å². The Morgan fingerprint density at radius 1 is 1.00 bits per heavy atom. The molecular formula is C20H16O8. The average molecular weight is 384 g/mol. The Balaban J connectivity index is 2.28. The van der Waals surface area contributed by atoms with Crippen molar-refractivity contribution in [2.24, 2.45) is 0 Å². The zero-order valence-electron chi connectivity index (χ0n) is 14.9. The minimum Gasteiger partial charge on any atom is -0.508 e. The molecule has 0 spiro atoms. The van der Waals surface area contributed by atoms with Crippen molar-refractivity contribution in [2.45, 2.75) is 0 Å². The number of methoxy groups -OCH3 is 2. The molecule has 1 aromatic heterocycles. The lowest BCUT2D eigenvalue weighted by molar-refractivity contribution is -0.134. The van der Waals surface area contributed by atoms with Crippen LogP contribution in [0, 0.1) is 0 Å². The summed E-state index contributed by atoms with van der Waals surface area (Å²) < 4.78 is 15.0. The molecule has 0 unspecified atom stereocenters. The van der Waals surface area contributed by atoms with Gasteiger partial charge < -0.3 is 29.2 Å². The number of furan rings is 1. The molecule has 28 heavy (non-hydrogen) atoms. The van der Waals surface area contributed by atoms with Crippen molar-refractivity contribution >= 4 is 29.0 Å². The molecule has 3 aromatic rings. The Morgan fingerprint density at radius 3 is 2.39 bits per heavy atom. The highest BCUT2D eigenvalue weighted by molar-refractivity contribution is 6.10. The van der Waals surface area contributed by atoms with Crippen molar-refractivity contribution in [3.05, 3.63) is 47.5 Å². The van der Waals surface area contributed by atoms with E-state index in [0.717, 1.165) is 12.1 Å². The molecule has 1 heterocycles. The van der Waals surface area contributed by atoms with Crippen molar-refractivity contribution in [1.29, 1.82) is 0 Å². The number of hydrogen-bond acceptors (Lipinski definition) is 8. The summed E-state index contributed by atoms with van der Waals surface area (Å²) in [5.74, 6) is -2.16. The number of hydrogen-bond donors (Lipinski definition) is 3. The number of esters is 2. The number of phenolic OH excluding ortho intramolecular Hbond substituents is 3. The largest absolute Gasteiger partial charge is 0.508 e. The van der Waals surface area contributed by atoms with Crippen molar-refractivity contribution < 1.29 is 38.8 Å². The Kier molecular flexibility index (Phi) is 4.95. The maximum Gasteiger partial charge on any atom is 0.342 e. The first kappa shape index (κ1) is 18.8. The second-order valence-electron chi connectivity index (χ2n) is 5.77. The van der Waals surface area contributed by atoms with Gasteiger partial charge in [-0.2, -0.15) is 0 Å². The predicted octanol–water partition coefficient (Wildman–Crippen LogP) is 3.19. The van der Waals surface area contributed by atoms with Gasteiger partial charge in [0.2, 0.25) is 0 Å². The monoisotopic (exact) mass is 384 g/mol. The molecule has 0 aliphatic rings. The third-order valence-corrected chi connectivity index (χ3v) is 4.02. The van der Waals surface area contributed by atoms with Crippen LogP contribution in [0.3, 0.4) is 0 Å². The summed E-state index contributed by atoms with van der Waals surface area (Å²) in [6.07, 6.45) is 2.56. The molecule has 0 saturated carbocycles. The van der Waals surface area contributed by atoms with Gasteiger partial charge in [0.25, 0.3) is 0 Å². The first-order valence-corrected chi connectivity index (χ1v) is 8.02. The highest BCUT2D eigenvalue weighted by Gasteiger charge is 2.26. The smallest absolute Gasteiger partial charge is 0.342 e. The molecule has 0 saturated heterocycles. The Morgan fingerprint density at radius 2 is 1.75 bits per heavy atom. The van der Waals surface area contributed by atoms with Crippen LogP contribution in [0.5, 0.6) is 17.2 Å². The minimum absolute atomic E-state index is 0.00177. The zero-order valence-corrected chi connectivity index (χ0v) is 14.9. The number of aromatic hydroxyl groups is 3. The van der Waals surface area contributed by atoms with Crippen LogP contribution < -0.4 is 0 Å². The first-order chi connectivity index (χ1) is 13.3. The lowest BCUT2D eigenvalue weighted by Crippen LogP contribution is -2.02. The molecule has 3 N–H and O–H groups in total. The van der Waals surface area contributed by atoms with Crippen LogP contribution in [0.4, 0.5) is 0 Å². The van der Waals surface area contributed by atoms with Gasteiger partial charge in [0.1, 0.15) is 17.1 Å². The molecule has 0 bridgehead atoms. The van der Waals surface area contributed by atoms with Gasteiger partial charge in [0.05, 0.1) is 19.8 Å². The summed E-state index contributed by atoms with van der Waals surface area (Å²) in [5, 5.41) is 30.2. The van der Waals surface area contributed by atoms with Crippen LogP contribution in [-0.4, -0.2) is 41.5 Å². The summed E-state index contributed by atoms with van der Waals surface area (Å²) >= 11 is 0. The number of carbonyl (C=O) groups is 2. The van der Waals surface area contributed by atoms with Crippen LogP contribution >= 0.6 is 0 Å². The molecule has 0 aliphatic carbocycles. The fraction of sp³-hybridized carbons (Fsp3) is 0.100. The standard InChI is InChI=1S/C20H16O8/c1-26-16(24)6-3-10-7-13-17(20(25)27-2)19(28-18(13)15(23)8-10)12-5-4-11(21)9-14(12)22/h3-9,21-23H,1-2H3/b6-3+. The number of fused-ring (bicyclic) bond motifs is 1. The summed E-state index contributed by atoms with van der Waals surface area (Å²) in [6.45, 7) is 0. The van der Waals surface area contributed by atoms with Crippen molar-refractivity contribution in [3.63, 3.8) is 0 Å². The molecule has 0 fully saturated rings. The molecule has 144 valence electrons. The van der Waals surface area contributed by atoms with E-state index in [4.69, 9.17) is 9.15 Å². The quantitative estimate of drug-likeness (QED) is 0.462. The third-order valence-electron chi connectivity index (χ3n) is 4.02. The van der Waals surface area contributed by atoms with E-state index in [-0.39, 0.29) is 45.1 Å². The van der Waals surface area contributed by atoms with E-state index < -0.39 is 11.9 Å². The number of benzene rings is 2. The van der Waals surface area contributed by atoms with E-state index in [0.29, 0.717) is 5.56 Å². The molecule has 0 aliphatic heterocycles. The second kappa shape index (κ2) is 7.36. The number of ether oxygens (including phenoxy) is 2. The van der Waals surface area contributed by atoms with E-state index in [1.165, 1.54) is 44.6 Å². The van der Waals surface area contributed by atoms with E-state index >= 15 is 0 Å². The fourth-order valence-electron chi connectivity index (χ4n) is 2.74. The summed E-state index contributed by atoms with van der Waals surface area (Å²) in [7, 11) is 2.41. The lowest BCUT2D eigenvalue weighted by Gasteiger charge is -2.04. The predicted molar refractivity (Wildman–Crippen MR) is 99.0 cm³/mol. The summed E-state index contributed by atoms with van der Waals surface area (Å²) in [4.78, 5) is 23.7. The van der Waals surface area contributed by atoms with E-state index in [1.54, 1.807) is 0 Å². The van der Waals surface area contributed by atoms with Crippen LogP contribution in [0.25, 0.3) is 28.4 Å². The molecule has 0 atom stereocenters. The Hall–Kier alpha value is -3.94. The first-order valence-electron chi connectivity index (χ1n) is 8.02. The molecule has 3 rings (SSSR count). The number of phenols is 3. The van der Waals surface area contributed by atoms with Gasteiger partial charge in [-0.05, 0) is 35.9 Å². The molecule has 0 radical (unpaired) electrons. The van der Waals surface area contributed by atoms with Crippen LogP contribution in [0.2, 0.25) is 0 Å². The minimum atomic E-state index is -0.755. The maximum absolute atomic E-state index is 12.4. The molecular weight excluding hydrogens is 368 g/mol. The third kappa shape index (κ3) is 3.35. The Labute approximate surface area is 158 Å². The molecule has 0 amide bonds. The zero-order chi connectivity index (χ0) is 20.4. The topological polar surface area (TPSA) is 126 Å². The maximum atomic E-state index is 12.4. The lowest BCUT2D eigenvalue weighted by atomic mass is 10.0. The number of rotatable bonds is 4. The van der Waals surface area contributed by atoms with E-state index in [1.807, 2.05) is 0 Å². The second-order valence-corrected chi connectivity index (χ2v) is 5.77. The number of carbonyl (C=O) groups excluding carboxylic acids is 2. The average Bonchev–Trinajstić information content (AvgIpc) is 3.05. The van der Waals surface area contributed by atoms with Crippen molar-refractivity contribution in [1.82, 2.24) is 0 Å². The summed E-state index contributed by atoms with van der Waals surface area (Å²) in [6, 6.07) is 6.63. The van der Waals surface area contributed by atoms with Crippen LogP contribution in [-0.2, 0) is 14.3 Å². The van der Waals surface area contributed by atoms with E-state index in [2.05, 4.69) is 4.74 Å². The molecule has 2 aromatic carbocycles. The van der Waals surface area contributed by atoms with Crippen molar-refractivity contribution in [2.75, 3.05) is 14.2 Å². The fourth-order valence-corrected chi connectivity index (χ4v) is 2.74. The highest BCUT2D eigenvalue weighted by atomic mass is 16.5.